The number of fused-ring (bicyclic) bond motifs is 1. The predicted octanol–water partition coefficient (Wildman–Crippen LogP) is 3.63. The third-order valence-corrected chi connectivity index (χ3v) is 4.34. The number of methoxy groups -OCH3 is 1. The molecule has 0 saturated carbocycles. The normalized spacial score (nSPS) is 13.9. The number of hydrogen-bond acceptors (Lipinski definition) is 4. The monoisotopic (exact) mass is 327 g/mol. The average molecular weight is 328 g/mol. The van der Waals surface area contributed by atoms with Crippen LogP contribution in [0.2, 0.25) is 0 Å². The number of carbonyl (C=O) groups is 1. The van der Waals surface area contributed by atoms with Crippen molar-refractivity contribution in [3.05, 3.63) is 42.5 Å². The van der Waals surface area contributed by atoms with E-state index in [0.717, 1.165) is 15.6 Å². The smallest absolute Gasteiger partial charge is 0.326 e. The first-order valence-corrected chi connectivity index (χ1v) is 8.63. The molecule has 1 unspecified atom stereocenters. The van der Waals surface area contributed by atoms with E-state index in [4.69, 9.17) is 16.1 Å². The maximum Gasteiger partial charge on any atom is 0.326 e. The highest BCUT2D eigenvalue weighted by atomic mass is 35.7. The summed E-state index contributed by atoms with van der Waals surface area (Å²) < 4.78 is 16.3. The molecule has 0 fully saturated rings. The molecule has 0 amide bonds. The molecule has 0 spiro atoms. The molecule has 5 nitrogen and oxygen atoms in total. The number of nitrogens with zero attached hydrogens (tertiary/aromatic N) is 1. The van der Waals surface area contributed by atoms with E-state index in [-0.39, 0.29) is 0 Å². The van der Waals surface area contributed by atoms with Gasteiger partial charge in [-0.25, -0.2) is 0 Å². The van der Waals surface area contributed by atoms with Crippen LogP contribution in [0.15, 0.2) is 42.5 Å². The molecule has 0 heterocycles. The lowest BCUT2D eigenvalue weighted by atomic mass is 10.1. The number of ether oxygens (including phenoxy) is 1. The molecule has 0 bridgehead atoms. The van der Waals surface area contributed by atoms with Gasteiger partial charge in [-0.3, -0.25) is 9.36 Å². The maximum atomic E-state index is 11.7. The second kappa shape index (κ2) is 6.94. The lowest BCUT2D eigenvalue weighted by Crippen LogP contribution is -2.36. The van der Waals surface area contributed by atoms with Gasteiger partial charge in [0.25, 0.3) is 7.30 Å². The van der Waals surface area contributed by atoms with Gasteiger partial charge in [-0.05, 0) is 29.6 Å². The summed E-state index contributed by atoms with van der Waals surface area (Å²) in [6, 6.07) is 12.2. The van der Waals surface area contributed by atoms with Gasteiger partial charge in [-0.1, -0.05) is 41.2 Å². The molecule has 0 radical (unpaired) electrons. The van der Waals surface area contributed by atoms with Gasteiger partial charge in [-0.2, -0.15) is 0 Å². The molecule has 0 N–H and O–H groups in total. The van der Waals surface area contributed by atoms with E-state index in [9.17, 15) is 9.36 Å². The van der Waals surface area contributed by atoms with Gasteiger partial charge in [-0.15, -0.1) is 0 Å². The fraction of sp³-hybridized carbons (Fsp3) is 0.214. The molecule has 7 heteroatoms. The number of benzene rings is 2. The van der Waals surface area contributed by atoms with Gasteiger partial charge in [0.05, 0.1) is 7.11 Å². The Labute approximate surface area is 128 Å². The Bertz CT molecular complexity index is 674. The molecule has 2 aromatic rings. The van der Waals surface area contributed by atoms with Crippen LogP contribution in [0.25, 0.3) is 10.8 Å². The summed E-state index contributed by atoms with van der Waals surface area (Å²) in [5.41, 5.74) is 0. The molecule has 112 valence electrons. The van der Waals surface area contributed by atoms with Gasteiger partial charge >= 0.3 is 5.97 Å². The van der Waals surface area contributed by atoms with Crippen LogP contribution in [0.3, 0.4) is 0 Å². The molecule has 0 aromatic heterocycles. The van der Waals surface area contributed by atoms with Crippen LogP contribution in [-0.4, -0.2) is 24.0 Å². The van der Waals surface area contributed by atoms with Crippen molar-refractivity contribution in [3.63, 3.8) is 0 Å². The Morgan fingerprint density at radius 1 is 1.24 bits per heavy atom. The van der Waals surface area contributed by atoms with Crippen LogP contribution in [-0.2, 0) is 14.1 Å². The molecule has 21 heavy (non-hydrogen) atoms. The molecule has 0 aliphatic carbocycles. The zero-order valence-corrected chi connectivity index (χ0v) is 13.3. The first-order valence-electron chi connectivity index (χ1n) is 6.27. The molecule has 2 aromatic carbocycles. The minimum Gasteiger partial charge on any atom is -0.468 e. The van der Waals surface area contributed by atoms with Crippen molar-refractivity contribution in [3.8, 4) is 5.75 Å². The number of hydroxylamine groups is 1. The van der Waals surface area contributed by atoms with Crippen LogP contribution in [0.1, 0.15) is 6.92 Å². The van der Waals surface area contributed by atoms with Crippen molar-refractivity contribution in [2.24, 2.45) is 0 Å². The summed E-state index contributed by atoms with van der Waals surface area (Å²) in [6.07, 6.45) is 0. The first-order chi connectivity index (χ1) is 10.0. The third-order valence-electron chi connectivity index (χ3n) is 3.01. The fourth-order valence-electron chi connectivity index (χ4n) is 1.91. The van der Waals surface area contributed by atoms with Crippen LogP contribution in [0.5, 0.6) is 5.75 Å². The molecular formula is C14H15ClNO4P. The number of halogens is 1. The molecule has 0 saturated heterocycles. The highest BCUT2D eigenvalue weighted by Crippen LogP contribution is 2.37. The van der Waals surface area contributed by atoms with E-state index >= 15 is 0 Å². The van der Waals surface area contributed by atoms with Gasteiger partial charge in [0.15, 0.2) is 5.75 Å². The Hall–Kier alpha value is -1.55. The van der Waals surface area contributed by atoms with E-state index in [2.05, 4.69) is 4.74 Å². The summed E-state index contributed by atoms with van der Waals surface area (Å²) in [6.45, 7) is 1.52. The van der Waals surface area contributed by atoms with Crippen LogP contribution in [0.4, 0.5) is 0 Å². The Morgan fingerprint density at radius 2 is 1.90 bits per heavy atom. The van der Waals surface area contributed by atoms with Crippen molar-refractivity contribution >= 4 is 35.3 Å². The van der Waals surface area contributed by atoms with E-state index in [0.29, 0.717) is 5.75 Å². The topological polar surface area (TPSA) is 55.8 Å². The second-order valence-corrected chi connectivity index (χ2v) is 6.26. The number of carbonyl (C=O) groups excluding carboxylic acids is 1. The lowest BCUT2D eigenvalue weighted by molar-refractivity contribution is -0.151. The van der Waals surface area contributed by atoms with E-state index in [1.54, 1.807) is 6.07 Å². The Morgan fingerprint density at radius 3 is 2.57 bits per heavy atom. The number of hydrogen-bond donors (Lipinski definition) is 0. The summed E-state index contributed by atoms with van der Waals surface area (Å²) in [5.74, 6) is -0.0999. The highest BCUT2D eigenvalue weighted by molar-refractivity contribution is 7.71. The molecule has 0 aliphatic heterocycles. The zero-order chi connectivity index (χ0) is 15.4. The summed E-state index contributed by atoms with van der Waals surface area (Å²) in [4.78, 5) is 18.2. The van der Waals surface area contributed by atoms with E-state index in [1.807, 2.05) is 36.4 Å². The van der Waals surface area contributed by atoms with Gasteiger partial charge in [0.1, 0.15) is 6.04 Å². The molecule has 0 aliphatic rings. The average Bonchev–Trinajstić information content (AvgIpc) is 2.50. The van der Waals surface area contributed by atoms with Gasteiger partial charge in [0, 0.05) is 5.39 Å². The molecule has 2 rings (SSSR count). The van der Waals surface area contributed by atoms with E-state index in [1.165, 1.54) is 14.0 Å². The second-order valence-electron chi connectivity index (χ2n) is 4.35. The Balaban J connectivity index is 2.36. The van der Waals surface area contributed by atoms with Crippen molar-refractivity contribution in [1.82, 2.24) is 4.83 Å². The minimum atomic E-state index is -2.76. The minimum absolute atomic E-state index is 0.475. The fourth-order valence-corrected chi connectivity index (χ4v) is 3.04. The maximum absolute atomic E-state index is 11.7. The lowest BCUT2D eigenvalue weighted by Gasteiger charge is -2.24. The zero-order valence-electron chi connectivity index (χ0n) is 11.6. The van der Waals surface area contributed by atoms with E-state index < -0.39 is 19.3 Å². The van der Waals surface area contributed by atoms with Crippen LogP contribution >= 0.6 is 18.5 Å². The van der Waals surface area contributed by atoms with Crippen molar-refractivity contribution in [2.75, 3.05) is 7.11 Å². The third kappa shape index (κ3) is 3.56. The van der Waals surface area contributed by atoms with Gasteiger partial charge in [0.2, 0.25) is 0 Å². The first kappa shape index (κ1) is 15.8. The summed E-state index contributed by atoms with van der Waals surface area (Å²) in [5, 5.41) is 1.80. The largest absolute Gasteiger partial charge is 0.468 e. The van der Waals surface area contributed by atoms with Crippen molar-refractivity contribution < 1.29 is 18.9 Å². The number of esters is 1. The molecular weight excluding hydrogens is 313 g/mol. The SMILES string of the molecule is COC(=O)[C@H](C)N(Oc1cccc2ccccc12)[PH](=O)Cl. The van der Waals surface area contributed by atoms with Crippen LogP contribution < -0.4 is 4.84 Å². The predicted molar refractivity (Wildman–Crippen MR) is 82.7 cm³/mol. The summed E-state index contributed by atoms with van der Waals surface area (Å²) >= 11 is 5.68. The quantitative estimate of drug-likeness (QED) is 0.477. The highest BCUT2D eigenvalue weighted by Gasteiger charge is 2.28. The summed E-state index contributed by atoms with van der Waals surface area (Å²) in [7, 11) is -1.51. The van der Waals surface area contributed by atoms with Crippen molar-refractivity contribution in [2.45, 2.75) is 13.0 Å². The Kier molecular flexibility index (Phi) is 5.23. The number of rotatable bonds is 5. The molecule has 2 atom stereocenters. The standard InChI is InChI=1S/C14H15ClNO4P/c1-10(14(17)19-2)16(21(15)18)20-13-9-5-7-11-6-3-4-8-12(11)13/h3-10,21H,1-2H3/t10-/m0/s1. The van der Waals surface area contributed by atoms with Crippen LogP contribution in [0, 0.1) is 0 Å². The van der Waals surface area contributed by atoms with Gasteiger partial charge < -0.3 is 9.57 Å². The van der Waals surface area contributed by atoms with Crippen molar-refractivity contribution in [1.29, 1.82) is 0 Å².